The fourth-order valence-corrected chi connectivity index (χ4v) is 3.08. The molecule has 0 heterocycles. The minimum absolute atomic E-state index is 0.0339. The lowest BCUT2D eigenvalue weighted by Crippen LogP contribution is -2.58. The van der Waals surface area contributed by atoms with E-state index in [2.05, 4.69) is 10.6 Å². The smallest absolute Gasteiger partial charge is 0.329 e. The molecule has 0 bridgehead atoms. The standard InChI is InChI=1S/C13H24N2O3S/c1-10(9-19-2)14-12(18)15-13(11(16)17)7-5-3-4-6-8-13/h10H,3-9H2,1-2H3,(H,16,17)(H2,14,15,18). The highest BCUT2D eigenvalue weighted by molar-refractivity contribution is 7.98. The molecule has 0 aromatic heterocycles. The van der Waals surface area contributed by atoms with Crippen LogP contribution in [0.25, 0.3) is 0 Å². The van der Waals surface area contributed by atoms with Gasteiger partial charge in [-0.3, -0.25) is 0 Å². The van der Waals surface area contributed by atoms with E-state index in [-0.39, 0.29) is 12.1 Å². The molecule has 1 fully saturated rings. The highest BCUT2D eigenvalue weighted by Crippen LogP contribution is 2.27. The zero-order valence-corrected chi connectivity index (χ0v) is 12.5. The van der Waals surface area contributed by atoms with Crippen molar-refractivity contribution >= 4 is 23.8 Å². The molecule has 110 valence electrons. The van der Waals surface area contributed by atoms with Crippen LogP contribution in [0.1, 0.15) is 45.4 Å². The van der Waals surface area contributed by atoms with Crippen molar-refractivity contribution in [1.82, 2.24) is 10.6 Å². The molecule has 1 aliphatic carbocycles. The maximum atomic E-state index is 11.9. The van der Waals surface area contributed by atoms with E-state index in [1.165, 1.54) is 0 Å². The summed E-state index contributed by atoms with van der Waals surface area (Å²) in [7, 11) is 0. The number of carboxylic acids is 1. The number of carboxylic acid groups (broad SMARTS) is 1. The molecule has 0 radical (unpaired) electrons. The first-order chi connectivity index (χ1) is 9.00. The predicted octanol–water partition coefficient (Wildman–Crippen LogP) is 2.21. The molecule has 5 nitrogen and oxygen atoms in total. The van der Waals surface area contributed by atoms with Crippen molar-refractivity contribution in [3.63, 3.8) is 0 Å². The van der Waals surface area contributed by atoms with Gasteiger partial charge in [0.15, 0.2) is 0 Å². The highest BCUT2D eigenvalue weighted by atomic mass is 32.2. The Balaban J connectivity index is 2.62. The minimum Gasteiger partial charge on any atom is -0.480 e. The van der Waals surface area contributed by atoms with Crippen LogP contribution >= 0.6 is 11.8 Å². The second-order valence-corrected chi connectivity index (χ2v) is 6.17. The quantitative estimate of drug-likeness (QED) is 0.678. The summed E-state index contributed by atoms with van der Waals surface area (Å²) in [4.78, 5) is 23.5. The first-order valence-electron chi connectivity index (χ1n) is 6.81. The van der Waals surface area contributed by atoms with E-state index < -0.39 is 11.5 Å². The minimum atomic E-state index is -1.08. The Labute approximate surface area is 118 Å². The lowest BCUT2D eigenvalue weighted by molar-refractivity contribution is -0.145. The average molecular weight is 288 g/mol. The van der Waals surface area contributed by atoms with Crippen LogP contribution in [0.2, 0.25) is 0 Å². The maximum absolute atomic E-state index is 11.9. The van der Waals surface area contributed by atoms with Gasteiger partial charge in [-0.2, -0.15) is 11.8 Å². The van der Waals surface area contributed by atoms with E-state index in [4.69, 9.17) is 0 Å². The monoisotopic (exact) mass is 288 g/mol. The summed E-state index contributed by atoms with van der Waals surface area (Å²) in [6.45, 7) is 1.91. The maximum Gasteiger partial charge on any atom is 0.329 e. The van der Waals surface area contributed by atoms with Crippen molar-refractivity contribution < 1.29 is 14.7 Å². The van der Waals surface area contributed by atoms with Crippen LogP contribution in [0, 0.1) is 0 Å². The summed E-state index contributed by atoms with van der Waals surface area (Å²) in [6.07, 6.45) is 6.81. The van der Waals surface area contributed by atoms with Crippen molar-refractivity contribution in [1.29, 1.82) is 0 Å². The topological polar surface area (TPSA) is 78.4 Å². The van der Waals surface area contributed by atoms with Crippen LogP contribution in [0.5, 0.6) is 0 Å². The number of aliphatic carboxylic acids is 1. The average Bonchev–Trinajstić information content (AvgIpc) is 2.55. The Morgan fingerprint density at radius 1 is 1.26 bits per heavy atom. The number of thioether (sulfide) groups is 1. The van der Waals surface area contributed by atoms with Crippen molar-refractivity contribution in [2.75, 3.05) is 12.0 Å². The third kappa shape index (κ3) is 4.93. The van der Waals surface area contributed by atoms with Gasteiger partial charge in [0.1, 0.15) is 5.54 Å². The van der Waals surface area contributed by atoms with Gasteiger partial charge in [-0.15, -0.1) is 0 Å². The molecular formula is C13H24N2O3S. The van der Waals surface area contributed by atoms with Gasteiger partial charge in [0.05, 0.1) is 0 Å². The van der Waals surface area contributed by atoms with Crippen molar-refractivity contribution in [2.45, 2.75) is 57.0 Å². The zero-order valence-electron chi connectivity index (χ0n) is 11.7. The lowest BCUT2D eigenvalue weighted by atomic mass is 9.90. The molecule has 0 saturated heterocycles. The van der Waals surface area contributed by atoms with Gasteiger partial charge in [-0.05, 0) is 26.0 Å². The number of hydrogen-bond donors (Lipinski definition) is 3. The fraction of sp³-hybridized carbons (Fsp3) is 0.846. The zero-order chi connectivity index (χ0) is 14.3. The first kappa shape index (κ1) is 16.1. The Morgan fingerprint density at radius 3 is 2.32 bits per heavy atom. The number of carbonyl (C=O) groups excluding carboxylic acids is 1. The number of carbonyl (C=O) groups is 2. The molecule has 2 amide bonds. The van der Waals surface area contributed by atoms with Crippen molar-refractivity contribution in [3.8, 4) is 0 Å². The van der Waals surface area contributed by atoms with Crippen LogP contribution < -0.4 is 10.6 Å². The van der Waals surface area contributed by atoms with E-state index in [0.29, 0.717) is 12.8 Å². The van der Waals surface area contributed by atoms with Gasteiger partial charge in [0.25, 0.3) is 0 Å². The van der Waals surface area contributed by atoms with Crippen LogP contribution in [0.3, 0.4) is 0 Å². The summed E-state index contributed by atoms with van der Waals surface area (Å²) >= 11 is 1.65. The number of rotatable bonds is 5. The summed E-state index contributed by atoms with van der Waals surface area (Å²) in [5, 5.41) is 14.9. The van der Waals surface area contributed by atoms with Crippen LogP contribution in [-0.2, 0) is 4.79 Å². The molecule has 1 aliphatic rings. The number of hydrogen-bond acceptors (Lipinski definition) is 3. The van der Waals surface area contributed by atoms with E-state index in [9.17, 15) is 14.7 Å². The summed E-state index contributed by atoms with van der Waals surface area (Å²) in [5.74, 6) is -0.102. The molecule has 0 aromatic rings. The van der Waals surface area contributed by atoms with Gasteiger partial charge in [0, 0.05) is 11.8 Å². The molecular weight excluding hydrogens is 264 g/mol. The van der Waals surface area contributed by atoms with Gasteiger partial charge in [0.2, 0.25) is 0 Å². The Morgan fingerprint density at radius 2 is 1.84 bits per heavy atom. The molecule has 3 N–H and O–H groups in total. The van der Waals surface area contributed by atoms with Gasteiger partial charge >= 0.3 is 12.0 Å². The lowest BCUT2D eigenvalue weighted by Gasteiger charge is -2.30. The van der Waals surface area contributed by atoms with E-state index >= 15 is 0 Å². The Hall–Kier alpha value is -0.910. The molecule has 1 atom stereocenters. The van der Waals surface area contributed by atoms with Crippen LogP contribution in [-0.4, -0.2) is 40.7 Å². The molecule has 6 heteroatoms. The summed E-state index contributed by atoms with van der Waals surface area (Å²) < 4.78 is 0. The molecule has 0 aromatic carbocycles. The van der Waals surface area contributed by atoms with E-state index in [0.717, 1.165) is 31.4 Å². The molecule has 0 aliphatic heterocycles. The normalized spacial score (nSPS) is 20.1. The second kappa shape index (κ2) is 7.62. The third-order valence-corrected chi connectivity index (χ3v) is 4.35. The fourth-order valence-electron chi connectivity index (χ4n) is 2.49. The molecule has 1 saturated carbocycles. The largest absolute Gasteiger partial charge is 0.480 e. The van der Waals surface area contributed by atoms with Gasteiger partial charge in [-0.25, -0.2) is 9.59 Å². The molecule has 19 heavy (non-hydrogen) atoms. The SMILES string of the molecule is CSCC(C)NC(=O)NC1(C(=O)O)CCCCCC1. The highest BCUT2D eigenvalue weighted by Gasteiger charge is 2.40. The Bertz CT molecular complexity index is 315. The third-order valence-electron chi connectivity index (χ3n) is 3.51. The van der Waals surface area contributed by atoms with Crippen molar-refractivity contribution in [2.24, 2.45) is 0 Å². The summed E-state index contributed by atoms with van der Waals surface area (Å²) in [6, 6.07) is -0.336. The van der Waals surface area contributed by atoms with Crippen LogP contribution in [0.15, 0.2) is 0 Å². The molecule has 0 spiro atoms. The first-order valence-corrected chi connectivity index (χ1v) is 8.20. The van der Waals surface area contributed by atoms with E-state index in [1.807, 2.05) is 13.2 Å². The van der Waals surface area contributed by atoms with Gasteiger partial charge in [-0.1, -0.05) is 25.7 Å². The van der Waals surface area contributed by atoms with Gasteiger partial charge < -0.3 is 15.7 Å². The van der Waals surface area contributed by atoms with Crippen LogP contribution in [0.4, 0.5) is 4.79 Å². The Kier molecular flexibility index (Phi) is 6.48. The number of nitrogens with one attached hydrogen (secondary N) is 2. The van der Waals surface area contributed by atoms with Crippen molar-refractivity contribution in [3.05, 3.63) is 0 Å². The second-order valence-electron chi connectivity index (χ2n) is 5.26. The molecule has 1 rings (SSSR count). The summed E-state index contributed by atoms with van der Waals surface area (Å²) in [5.41, 5.74) is -1.08. The predicted molar refractivity (Wildman–Crippen MR) is 77.6 cm³/mol. The van der Waals surface area contributed by atoms with E-state index in [1.54, 1.807) is 11.8 Å². The number of amides is 2. The molecule has 1 unspecified atom stereocenters. The number of urea groups is 1.